The lowest BCUT2D eigenvalue weighted by Gasteiger charge is -2.11. The largest absolute Gasteiger partial charge is 0.507 e. The van der Waals surface area contributed by atoms with Crippen LogP contribution in [0, 0.1) is 0 Å². The zero-order valence-corrected chi connectivity index (χ0v) is 14.9. The van der Waals surface area contributed by atoms with Gasteiger partial charge in [0.1, 0.15) is 17.2 Å². The summed E-state index contributed by atoms with van der Waals surface area (Å²) in [4.78, 5) is 5.16. The number of phenols is 1. The lowest BCUT2D eigenvalue weighted by molar-refractivity contribution is -0.137. The number of phenolic OH excluding ortho intramolecular Hbond substituents is 1. The first-order valence-corrected chi connectivity index (χ1v) is 8.34. The lowest BCUT2D eigenvalue weighted by atomic mass is 10.2. The highest BCUT2D eigenvalue weighted by Crippen LogP contribution is 2.37. The molecule has 0 aliphatic rings. The van der Waals surface area contributed by atoms with Crippen molar-refractivity contribution < 1.29 is 27.9 Å². The second kappa shape index (κ2) is 8.22. The summed E-state index contributed by atoms with van der Waals surface area (Å²) in [5.74, 6) is 0.610. The van der Waals surface area contributed by atoms with E-state index in [-0.39, 0.29) is 22.3 Å². The number of rotatable bonds is 5. The van der Waals surface area contributed by atoms with Gasteiger partial charge in [-0.05, 0) is 42.5 Å². The van der Waals surface area contributed by atoms with Gasteiger partial charge in [0.25, 0.3) is 0 Å². The average molecular weight is 408 g/mol. The molecule has 144 valence electrons. The van der Waals surface area contributed by atoms with Crippen LogP contribution in [-0.2, 0) is 6.18 Å². The number of para-hydroxylation sites is 1. The summed E-state index contributed by atoms with van der Waals surface area (Å²) in [5.41, 5.74) is -0.514. The Morgan fingerprint density at radius 1 is 0.929 bits per heavy atom. The molecule has 0 aliphatic heterocycles. The third-order valence-corrected chi connectivity index (χ3v) is 3.88. The summed E-state index contributed by atoms with van der Waals surface area (Å²) in [6.07, 6.45) is -3.18. The molecule has 0 saturated heterocycles. The molecule has 1 N–H and O–H groups in total. The molecular weight excluding hydrogens is 395 g/mol. The van der Waals surface area contributed by atoms with E-state index in [0.717, 1.165) is 18.2 Å². The van der Waals surface area contributed by atoms with Gasteiger partial charge in [-0.3, -0.25) is 0 Å². The van der Waals surface area contributed by atoms with Gasteiger partial charge >= 0.3 is 6.18 Å². The summed E-state index contributed by atoms with van der Waals surface area (Å²) < 4.78 is 43.5. The monoisotopic (exact) mass is 407 g/mol. The number of hydrogen-bond acceptors (Lipinski definition) is 4. The molecule has 0 aliphatic carbocycles. The molecule has 3 aromatic rings. The van der Waals surface area contributed by atoms with Crippen LogP contribution in [0.15, 0.2) is 71.9 Å². The first-order chi connectivity index (χ1) is 13.3. The average Bonchev–Trinajstić information content (AvgIpc) is 2.65. The first kappa shape index (κ1) is 19.6. The van der Waals surface area contributed by atoms with Crippen molar-refractivity contribution in [2.24, 2.45) is 5.16 Å². The van der Waals surface area contributed by atoms with Crippen LogP contribution < -0.4 is 9.57 Å². The number of ether oxygens (including phenoxy) is 1. The molecule has 0 heterocycles. The van der Waals surface area contributed by atoms with Gasteiger partial charge in [0, 0.05) is 11.6 Å². The molecule has 0 amide bonds. The van der Waals surface area contributed by atoms with Gasteiger partial charge in [-0.25, -0.2) is 0 Å². The van der Waals surface area contributed by atoms with Gasteiger partial charge in [-0.15, -0.1) is 0 Å². The van der Waals surface area contributed by atoms with E-state index in [2.05, 4.69) is 5.16 Å². The van der Waals surface area contributed by atoms with Gasteiger partial charge in [-0.1, -0.05) is 35.0 Å². The smallest absolute Gasteiger partial charge is 0.416 e. The normalized spacial score (nSPS) is 11.6. The van der Waals surface area contributed by atoms with E-state index < -0.39 is 11.7 Å². The van der Waals surface area contributed by atoms with E-state index in [9.17, 15) is 18.3 Å². The van der Waals surface area contributed by atoms with Gasteiger partial charge < -0.3 is 14.7 Å². The van der Waals surface area contributed by atoms with E-state index in [1.807, 2.05) is 6.07 Å². The number of benzene rings is 3. The van der Waals surface area contributed by atoms with Gasteiger partial charge in [0.15, 0.2) is 5.75 Å². The molecule has 0 bridgehead atoms. The molecule has 0 atom stereocenters. The first-order valence-electron chi connectivity index (χ1n) is 7.96. The number of aromatic hydroxyl groups is 1. The third-order valence-electron chi connectivity index (χ3n) is 3.58. The maximum absolute atomic E-state index is 12.7. The van der Waals surface area contributed by atoms with Crippen molar-refractivity contribution in [1.82, 2.24) is 0 Å². The second-order valence-electron chi connectivity index (χ2n) is 5.60. The number of oxime groups is 1. The molecular formula is C20H13ClF3NO3. The summed E-state index contributed by atoms with van der Waals surface area (Å²) in [6.45, 7) is 0. The minimum absolute atomic E-state index is 0.0305. The van der Waals surface area contributed by atoms with E-state index in [4.69, 9.17) is 21.2 Å². The fraction of sp³-hybridized carbons (Fsp3) is 0.0500. The van der Waals surface area contributed by atoms with E-state index in [0.29, 0.717) is 11.3 Å². The molecule has 3 rings (SSSR count). The quantitative estimate of drug-likeness (QED) is 0.400. The highest BCUT2D eigenvalue weighted by atomic mass is 35.5. The van der Waals surface area contributed by atoms with Crippen LogP contribution in [-0.4, -0.2) is 11.3 Å². The fourth-order valence-electron chi connectivity index (χ4n) is 2.21. The Labute approximate surface area is 163 Å². The maximum atomic E-state index is 12.7. The number of alkyl halides is 3. The molecule has 0 aromatic heterocycles. The lowest BCUT2D eigenvalue weighted by Crippen LogP contribution is -2.04. The number of nitrogens with zero attached hydrogens (tertiary/aromatic N) is 1. The standard InChI is InChI=1S/C20H13ClF3NO3/c21-17-10-14(20(22,23)24)7-9-19(17)27-16-8-6-13(18(26)11-16)12-25-28-15-4-2-1-3-5-15/h1-12,26H/b25-12+. The molecule has 3 aromatic carbocycles. The predicted octanol–water partition coefficient (Wildman–Crippen LogP) is 6.27. The molecule has 0 unspecified atom stereocenters. The van der Waals surface area contributed by atoms with Crippen molar-refractivity contribution in [1.29, 1.82) is 0 Å². The number of hydrogen-bond donors (Lipinski definition) is 1. The molecule has 0 fully saturated rings. The Morgan fingerprint density at radius 3 is 2.32 bits per heavy atom. The van der Waals surface area contributed by atoms with Gasteiger partial charge in [0.2, 0.25) is 0 Å². The van der Waals surface area contributed by atoms with Crippen molar-refractivity contribution >= 4 is 17.8 Å². The predicted molar refractivity (Wildman–Crippen MR) is 99.3 cm³/mol. The van der Waals surface area contributed by atoms with Crippen molar-refractivity contribution in [2.75, 3.05) is 0 Å². The van der Waals surface area contributed by atoms with E-state index in [1.165, 1.54) is 24.4 Å². The van der Waals surface area contributed by atoms with Crippen LogP contribution in [0.1, 0.15) is 11.1 Å². The molecule has 8 heteroatoms. The van der Waals surface area contributed by atoms with Gasteiger partial charge in [-0.2, -0.15) is 13.2 Å². The Hall–Kier alpha value is -3.19. The van der Waals surface area contributed by atoms with Gasteiger partial charge in [0.05, 0.1) is 16.8 Å². The second-order valence-corrected chi connectivity index (χ2v) is 6.01. The molecule has 0 spiro atoms. The topological polar surface area (TPSA) is 51.0 Å². The van der Waals surface area contributed by atoms with Crippen molar-refractivity contribution in [3.63, 3.8) is 0 Å². The Kier molecular flexibility index (Phi) is 5.75. The Bertz CT molecular complexity index is 992. The minimum Gasteiger partial charge on any atom is -0.507 e. The summed E-state index contributed by atoms with van der Waals surface area (Å²) in [7, 11) is 0. The zero-order valence-electron chi connectivity index (χ0n) is 14.2. The maximum Gasteiger partial charge on any atom is 0.416 e. The minimum atomic E-state index is -4.50. The van der Waals surface area contributed by atoms with Crippen molar-refractivity contribution in [2.45, 2.75) is 6.18 Å². The zero-order chi connectivity index (χ0) is 20.1. The third kappa shape index (κ3) is 4.95. The van der Waals surface area contributed by atoms with Crippen molar-refractivity contribution in [3.8, 4) is 23.0 Å². The van der Waals surface area contributed by atoms with Crippen LogP contribution >= 0.6 is 11.6 Å². The van der Waals surface area contributed by atoms with Crippen LogP contribution in [0.25, 0.3) is 0 Å². The van der Waals surface area contributed by atoms with E-state index >= 15 is 0 Å². The summed E-state index contributed by atoms with van der Waals surface area (Å²) >= 11 is 5.86. The van der Waals surface area contributed by atoms with E-state index in [1.54, 1.807) is 24.3 Å². The summed E-state index contributed by atoms with van der Waals surface area (Å²) in [5, 5.41) is 13.7. The van der Waals surface area contributed by atoms with Crippen LogP contribution in [0.3, 0.4) is 0 Å². The Morgan fingerprint density at radius 2 is 1.68 bits per heavy atom. The molecule has 0 saturated carbocycles. The van der Waals surface area contributed by atoms with Crippen LogP contribution in [0.4, 0.5) is 13.2 Å². The fourth-order valence-corrected chi connectivity index (χ4v) is 2.43. The Balaban J connectivity index is 1.70. The summed E-state index contributed by atoms with van der Waals surface area (Å²) in [6, 6.07) is 15.9. The number of halogens is 4. The molecule has 4 nitrogen and oxygen atoms in total. The highest BCUT2D eigenvalue weighted by molar-refractivity contribution is 6.32. The molecule has 0 radical (unpaired) electrons. The highest BCUT2D eigenvalue weighted by Gasteiger charge is 2.31. The molecule has 28 heavy (non-hydrogen) atoms. The van der Waals surface area contributed by atoms with Crippen LogP contribution in [0.5, 0.6) is 23.0 Å². The van der Waals surface area contributed by atoms with Crippen LogP contribution in [0.2, 0.25) is 5.02 Å². The van der Waals surface area contributed by atoms with Crippen molar-refractivity contribution in [3.05, 3.63) is 82.9 Å². The SMILES string of the molecule is Oc1cc(Oc2ccc(C(F)(F)F)cc2Cl)ccc1/C=N/Oc1ccccc1.